The van der Waals surface area contributed by atoms with Crippen molar-refractivity contribution in [2.45, 2.75) is 58.9 Å². The van der Waals surface area contributed by atoms with Crippen LogP contribution in [-0.2, 0) is 13.5 Å². The minimum absolute atomic E-state index is 0.505. The highest BCUT2D eigenvalue weighted by Gasteiger charge is 2.29. The van der Waals surface area contributed by atoms with Crippen LogP contribution in [0.25, 0.3) is 0 Å². The Kier molecular flexibility index (Phi) is 5.73. The summed E-state index contributed by atoms with van der Waals surface area (Å²) in [6, 6.07) is 0.505. The van der Waals surface area contributed by atoms with Gasteiger partial charge in [0, 0.05) is 19.5 Å². The Labute approximate surface area is 134 Å². The minimum atomic E-state index is 0.505. The summed E-state index contributed by atoms with van der Waals surface area (Å²) in [5, 5.41) is 8.80. The maximum atomic E-state index is 6.41. The summed E-state index contributed by atoms with van der Waals surface area (Å²) in [6.07, 6.45) is 6.40. The molecule has 1 N–H and O–H groups in total. The topological polar surface area (TPSA) is 29.9 Å². The van der Waals surface area contributed by atoms with E-state index in [9.17, 15) is 0 Å². The van der Waals surface area contributed by atoms with Gasteiger partial charge in [-0.15, -0.1) is 0 Å². The first-order valence-electron chi connectivity index (χ1n) is 8.29. The zero-order valence-electron chi connectivity index (χ0n) is 14.1. The lowest BCUT2D eigenvalue weighted by atomic mass is 9.74. The summed E-state index contributed by atoms with van der Waals surface area (Å²) in [4.78, 5) is 0. The fraction of sp³-hybridized carbons (Fsp3) is 0.824. The molecule has 1 fully saturated rings. The summed E-state index contributed by atoms with van der Waals surface area (Å²) in [5.74, 6) is 2.51. The molecule has 1 aliphatic rings. The van der Waals surface area contributed by atoms with E-state index in [-0.39, 0.29) is 0 Å². The van der Waals surface area contributed by atoms with E-state index in [1.165, 1.54) is 31.4 Å². The quantitative estimate of drug-likeness (QED) is 0.891. The van der Waals surface area contributed by atoms with Gasteiger partial charge in [0.2, 0.25) is 0 Å². The summed E-state index contributed by atoms with van der Waals surface area (Å²) >= 11 is 6.41. The van der Waals surface area contributed by atoms with Crippen molar-refractivity contribution >= 4 is 11.6 Å². The third-order valence-corrected chi connectivity index (χ3v) is 5.87. The monoisotopic (exact) mass is 311 g/mol. The Morgan fingerprint density at radius 3 is 2.24 bits per heavy atom. The molecular weight excluding hydrogens is 282 g/mol. The lowest BCUT2D eigenvalue weighted by Crippen LogP contribution is -2.38. The van der Waals surface area contributed by atoms with Gasteiger partial charge in [0.25, 0.3) is 0 Å². The van der Waals surface area contributed by atoms with Crippen molar-refractivity contribution in [3.8, 4) is 0 Å². The molecule has 1 aliphatic carbocycles. The number of hydrogen-bond acceptors (Lipinski definition) is 2. The van der Waals surface area contributed by atoms with Crippen LogP contribution >= 0.6 is 11.6 Å². The van der Waals surface area contributed by atoms with Gasteiger partial charge in [-0.25, -0.2) is 0 Å². The van der Waals surface area contributed by atoms with Crippen LogP contribution in [0.4, 0.5) is 0 Å². The smallest absolute Gasteiger partial charge is 0.0847 e. The van der Waals surface area contributed by atoms with Crippen LogP contribution in [-0.4, -0.2) is 22.9 Å². The highest BCUT2D eigenvalue weighted by atomic mass is 35.5. The molecule has 21 heavy (non-hydrogen) atoms. The van der Waals surface area contributed by atoms with Crippen molar-refractivity contribution in [3.63, 3.8) is 0 Å². The van der Waals surface area contributed by atoms with Gasteiger partial charge < -0.3 is 5.32 Å². The number of rotatable bonds is 5. The van der Waals surface area contributed by atoms with Crippen LogP contribution in [0.15, 0.2) is 0 Å². The second-order valence-corrected chi connectivity index (χ2v) is 7.37. The number of aryl methyl sites for hydroxylation is 2. The van der Waals surface area contributed by atoms with E-state index in [2.05, 4.69) is 31.3 Å². The normalized spacial score (nSPS) is 24.5. The van der Waals surface area contributed by atoms with Gasteiger partial charge in [0.15, 0.2) is 0 Å². The second-order valence-electron chi connectivity index (χ2n) is 6.99. The maximum Gasteiger partial charge on any atom is 0.0847 e. The van der Waals surface area contributed by atoms with Crippen LogP contribution < -0.4 is 5.32 Å². The molecule has 0 amide bonds. The third-order valence-electron chi connectivity index (χ3n) is 5.37. The van der Waals surface area contributed by atoms with Gasteiger partial charge in [-0.05, 0) is 57.4 Å². The van der Waals surface area contributed by atoms with Crippen molar-refractivity contribution in [1.82, 2.24) is 15.1 Å². The lowest BCUT2D eigenvalue weighted by Gasteiger charge is -2.35. The highest BCUT2D eigenvalue weighted by Crippen LogP contribution is 2.36. The van der Waals surface area contributed by atoms with E-state index in [1.807, 2.05) is 18.7 Å². The van der Waals surface area contributed by atoms with Crippen LogP contribution in [0.5, 0.6) is 0 Å². The van der Waals surface area contributed by atoms with Gasteiger partial charge in [0.1, 0.15) is 0 Å². The Morgan fingerprint density at radius 2 is 1.81 bits per heavy atom. The summed E-state index contributed by atoms with van der Waals surface area (Å²) < 4.78 is 1.95. The number of nitrogens with zero attached hydrogens (tertiary/aromatic N) is 2. The Morgan fingerprint density at radius 1 is 1.24 bits per heavy atom. The van der Waals surface area contributed by atoms with Gasteiger partial charge >= 0.3 is 0 Å². The van der Waals surface area contributed by atoms with E-state index >= 15 is 0 Å². The molecule has 4 heteroatoms. The minimum Gasteiger partial charge on any atom is -0.316 e. The predicted octanol–water partition coefficient (Wildman–Crippen LogP) is 3.97. The largest absolute Gasteiger partial charge is 0.316 e. The Hall–Kier alpha value is -0.540. The van der Waals surface area contributed by atoms with Crippen molar-refractivity contribution in [1.29, 1.82) is 0 Å². The number of halogens is 1. The molecule has 1 aromatic heterocycles. The molecule has 0 spiro atoms. The molecule has 1 unspecified atom stereocenters. The van der Waals surface area contributed by atoms with Gasteiger partial charge in [-0.2, -0.15) is 5.10 Å². The van der Waals surface area contributed by atoms with Crippen molar-refractivity contribution in [2.24, 2.45) is 24.8 Å². The zero-order chi connectivity index (χ0) is 15.6. The van der Waals surface area contributed by atoms with Gasteiger partial charge in [-0.1, -0.05) is 25.4 Å². The molecule has 0 aliphatic heterocycles. The molecule has 0 radical (unpaired) electrons. The van der Waals surface area contributed by atoms with E-state index in [4.69, 9.17) is 11.6 Å². The molecule has 1 aromatic rings. The molecule has 0 saturated heterocycles. The highest BCUT2D eigenvalue weighted by molar-refractivity contribution is 6.31. The Balaban J connectivity index is 2.01. The molecule has 0 aromatic carbocycles. The van der Waals surface area contributed by atoms with Crippen LogP contribution in [0.3, 0.4) is 0 Å². The summed E-state index contributed by atoms with van der Waals surface area (Å²) in [6.45, 7) is 6.70. The van der Waals surface area contributed by atoms with Crippen molar-refractivity contribution in [2.75, 3.05) is 7.05 Å². The van der Waals surface area contributed by atoms with E-state index in [0.717, 1.165) is 34.9 Å². The van der Waals surface area contributed by atoms with Gasteiger partial charge in [-0.3, -0.25) is 4.68 Å². The van der Waals surface area contributed by atoms with Crippen LogP contribution in [0.2, 0.25) is 5.02 Å². The average Bonchev–Trinajstić information content (AvgIpc) is 2.70. The lowest BCUT2D eigenvalue weighted by molar-refractivity contribution is 0.190. The van der Waals surface area contributed by atoms with Crippen molar-refractivity contribution < 1.29 is 0 Å². The molecule has 1 heterocycles. The number of likely N-dealkylation sites (N-methyl/N-ethyl adjacent to an activating group) is 1. The number of nitrogens with one attached hydrogen (secondary N) is 1. The third kappa shape index (κ3) is 3.81. The van der Waals surface area contributed by atoms with Gasteiger partial charge in [0.05, 0.1) is 16.4 Å². The maximum absolute atomic E-state index is 6.41. The van der Waals surface area contributed by atoms with E-state index < -0.39 is 0 Å². The first-order chi connectivity index (χ1) is 9.93. The number of hydrogen-bond donors (Lipinski definition) is 1. The molecule has 120 valence electrons. The number of aromatic nitrogens is 2. The Bertz CT molecular complexity index is 459. The van der Waals surface area contributed by atoms with Crippen LogP contribution in [0.1, 0.15) is 50.9 Å². The molecule has 0 bridgehead atoms. The molecule has 1 atom stereocenters. The predicted molar refractivity (Wildman–Crippen MR) is 89.8 cm³/mol. The first-order valence-corrected chi connectivity index (χ1v) is 8.67. The van der Waals surface area contributed by atoms with E-state index in [0.29, 0.717) is 6.04 Å². The summed E-state index contributed by atoms with van der Waals surface area (Å²) in [5.41, 5.74) is 2.10. The second kappa shape index (κ2) is 7.15. The fourth-order valence-corrected chi connectivity index (χ4v) is 4.07. The standard InChI is InChI=1S/C17H30ClN3/c1-11(2)13-6-8-14(9-7-13)15(19-4)10-16-17(18)12(3)20-21(16)5/h11,13-15,19H,6-10H2,1-5H3. The van der Waals surface area contributed by atoms with Crippen LogP contribution in [0, 0.1) is 24.7 Å². The molecule has 2 rings (SSSR count). The zero-order valence-corrected chi connectivity index (χ0v) is 14.9. The molecular formula is C17H30ClN3. The molecule has 3 nitrogen and oxygen atoms in total. The van der Waals surface area contributed by atoms with Crippen molar-refractivity contribution in [3.05, 3.63) is 16.4 Å². The average molecular weight is 312 g/mol. The fourth-order valence-electron chi connectivity index (χ4n) is 3.83. The summed E-state index contributed by atoms with van der Waals surface area (Å²) in [7, 11) is 4.08. The first kappa shape index (κ1) is 16.8. The van der Waals surface area contributed by atoms with E-state index in [1.54, 1.807) is 0 Å². The SMILES string of the molecule is CNC(Cc1c(Cl)c(C)nn1C)C1CCC(C(C)C)CC1. The molecule has 1 saturated carbocycles.